The number of hydrogen-bond acceptors (Lipinski definition) is 4. The van der Waals surface area contributed by atoms with Crippen molar-refractivity contribution in [1.29, 1.82) is 0 Å². The van der Waals surface area contributed by atoms with Gasteiger partial charge in [0, 0.05) is 18.3 Å². The SMILES string of the molecule is CC1CCCCN1C(=S)SCC(=O)Nc1ccc(OC(F)(F)F)cc1. The van der Waals surface area contributed by atoms with Gasteiger partial charge >= 0.3 is 6.36 Å². The third kappa shape index (κ3) is 6.74. The Kier molecular flexibility index (Phi) is 6.95. The Morgan fingerprint density at radius 3 is 2.64 bits per heavy atom. The number of alkyl halides is 3. The van der Waals surface area contributed by atoms with Gasteiger partial charge in [-0.25, -0.2) is 0 Å². The predicted octanol–water partition coefficient (Wildman–Crippen LogP) is 4.42. The molecule has 1 aliphatic heterocycles. The number of ether oxygens (including phenoxy) is 1. The third-order valence-electron chi connectivity index (χ3n) is 3.74. The summed E-state index contributed by atoms with van der Waals surface area (Å²) in [6, 6.07) is 5.40. The molecule has 0 aromatic heterocycles. The number of carbonyl (C=O) groups is 1. The first kappa shape index (κ1) is 19.8. The number of anilines is 1. The fourth-order valence-corrected chi connectivity index (χ4v) is 3.73. The molecule has 0 spiro atoms. The third-order valence-corrected chi connectivity index (χ3v) is 5.21. The minimum absolute atomic E-state index is 0.156. The Labute approximate surface area is 154 Å². The molecule has 0 saturated carbocycles. The first-order valence-corrected chi connectivity index (χ1v) is 9.23. The molecular weight excluding hydrogens is 373 g/mol. The van der Waals surface area contributed by atoms with E-state index in [-0.39, 0.29) is 17.4 Å². The van der Waals surface area contributed by atoms with Crippen LogP contribution in [0.5, 0.6) is 5.75 Å². The number of piperidine rings is 1. The summed E-state index contributed by atoms with van der Waals surface area (Å²) < 4.78 is 40.8. The Morgan fingerprint density at radius 2 is 2.04 bits per heavy atom. The van der Waals surface area contributed by atoms with Crippen molar-refractivity contribution in [1.82, 2.24) is 4.90 Å². The van der Waals surface area contributed by atoms with Crippen LogP contribution in [-0.4, -0.2) is 39.8 Å². The summed E-state index contributed by atoms with van der Waals surface area (Å²) >= 11 is 6.68. The molecule has 1 amide bonds. The van der Waals surface area contributed by atoms with E-state index in [9.17, 15) is 18.0 Å². The Hall–Kier alpha value is -1.48. The van der Waals surface area contributed by atoms with Gasteiger partial charge in [0.25, 0.3) is 0 Å². The second kappa shape index (κ2) is 8.75. The number of halogens is 3. The minimum Gasteiger partial charge on any atom is -0.406 e. The van der Waals surface area contributed by atoms with Gasteiger partial charge in [0.1, 0.15) is 10.1 Å². The first-order valence-electron chi connectivity index (χ1n) is 7.83. The molecule has 25 heavy (non-hydrogen) atoms. The minimum atomic E-state index is -4.73. The standard InChI is InChI=1S/C16H19F3N2O2S2/c1-11-4-2-3-9-21(11)15(24)25-10-14(22)20-12-5-7-13(8-6-12)23-16(17,18)19/h5-8,11H,2-4,9-10H2,1H3,(H,20,22). The summed E-state index contributed by atoms with van der Waals surface area (Å²) in [5, 5.41) is 2.63. The molecule has 1 N–H and O–H groups in total. The molecule has 1 aliphatic rings. The highest BCUT2D eigenvalue weighted by atomic mass is 32.2. The van der Waals surface area contributed by atoms with Crippen LogP contribution in [0.25, 0.3) is 0 Å². The molecule has 4 nitrogen and oxygen atoms in total. The van der Waals surface area contributed by atoms with Crippen molar-refractivity contribution in [3.63, 3.8) is 0 Å². The van der Waals surface area contributed by atoms with Gasteiger partial charge in [-0.05, 0) is 50.5 Å². The molecule has 1 unspecified atom stereocenters. The molecule has 1 atom stereocenters. The molecule has 1 aromatic carbocycles. The van der Waals surface area contributed by atoms with E-state index in [4.69, 9.17) is 12.2 Å². The van der Waals surface area contributed by atoms with Crippen molar-refractivity contribution in [3.05, 3.63) is 24.3 Å². The van der Waals surface area contributed by atoms with Crippen LogP contribution in [0.3, 0.4) is 0 Å². The van der Waals surface area contributed by atoms with E-state index in [1.54, 1.807) is 0 Å². The Balaban J connectivity index is 1.79. The van der Waals surface area contributed by atoms with Crippen LogP contribution in [0.2, 0.25) is 0 Å². The molecule has 1 heterocycles. The van der Waals surface area contributed by atoms with Gasteiger partial charge in [0.15, 0.2) is 0 Å². The second-order valence-electron chi connectivity index (χ2n) is 5.71. The van der Waals surface area contributed by atoms with Crippen LogP contribution in [0, 0.1) is 0 Å². The quantitative estimate of drug-likeness (QED) is 0.769. The topological polar surface area (TPSA) is 41.6 Å². The number of benzene rings is 1. The highest BCUT2D eigenvalue weighted by Crippen LogP contribution is 2.24. The van der Waals surface area contributed by atoms with E-state index in [0.29, 0.717) is 16.0 Å². The van der Waals surface area contributed by atoms with Crippen LogP contribution in [0.15, 0.2) is 24.3 Å². The Morgan fingerprint density at radius 1 is 1.36 bits per heavy atom. The average Bonchev–Trinajstić information content (AvgIpc) is 2.53. The highest BCUT2D eigenvalue weighted by molar-refractivity contribution is 8.23. The normalized spacial score (nSPS) is 17.9. The average molecular weight is 392 g/mol. The van der Waals surface area contributed by atoms with Gasteiger partial charge < -0.3 is 15.0 Å². The summed E-state index contributed by atoms with van der Waals surface area (Å²) in [7, 11) is 0. The molecule has 1 aromatic rings. The fraction of sp³-hybridized carbons (Fsp3) is 0.500. The first-order chi connectivity index (χ1) is 11.7. The lowest BCUT2D eigenvalue weighted by Gasteiger charge is -2.35. The van der Waals surface area contributed by atoms with Crippen molar-refractivity contribution in [2.75, 3.05) is 17.6 Å². The van der Waals surface area contributed by atoms with Crippen molar-refractivity contribution in [2.24, 2.45) is 0 Å². The van der Waals surface area contributed by atoms with Gasteiger partial charge in [-0.1, -0.05) is 24.0 Å². The van der Waals surface area contributed by atoms with Crippen molar-refractivity contribution < 1.29 is 22.7 Å². The molecule has 1 fully saturated rings. The van der Waals surface area contributed by atoms with Crippen LogP contribution >= 0.6 is 24.0 Å². The van der Waals surface area contributed by atoms with Gasteiger partial charge in [-0.15, -0.1) is 13.2 Å². The van der Waals surface area contributed by atoms with Crippen LogP contribution < -0.4 is 10.1 Å². The summed E-state index contributed by atoms with van der Waals surface area (Å²) in [5.41, 5.74) is 0.400. The maximum Gasteiger partial charge on any atom is 0.573 e. The smallest absolute Gasteiger partial charge is 0.406 e. The zero-order valence-corrected chi connectivity index (χ0v) is 15.3. The van der Waals surface area contributed by atoms with E-state index < -0.39 is 6.36 Å². The number of rotatable bonds is 4. The highest BCUT2D eigenvalue weighted by Gasteiger charge is 2.31. The number of hydrogen-bond donors (Lipinski definition) is 1. The van der Waals surface area contributed by atoms with Crippen molar-refractivity contribution in [3.8, 4) is 5.75 Å². The summed E-state index contributed by atoms with van der Waals surface area (Å²) in [6.45, 7) is 3.03. The lowest BCUT2D eigenvalue weighted by atomic mass is 10.1. The number of nitrogens with zero attached hydrogens (tertiary/aromatic N) is 1. The fourth-order valence-electron chi connectivity index (χ4n) is 2.52. The number of likely N-dealkylation sites (tertiary alicyclic amines) is 1. The number of amides is 1. The zero-order chi connectivity index (χ0) is 18.4. The second-order valence-corrected chi connectivity index (χ2v) is 7.32. The molecule has 138 valence electrons. The van der Waals surface area contributed by atoms with Crippen molar-refractivity contribution >= 4 is 39.9 Å². The van der Waals surface area contributed by atoms with E-state index in [1.807, 2.05) is 0 Å². The maximum absolute atomic E-state index is 12.1. The monoisotopic (exact) mass is 392 g/mol. The molecule has 9 heteroatoms. The lowest BCUT2D eigenvalue weighted by molar-refractivity contribution is -0.274. The number of carbonyl (C=O) groups excluding carboxylic acids is 1. The summed E-state index contributed by atoms with van der Waals surface area (Å²) in [4.78, 5) is 14.1. The largest absolute Gasteiger partial charge is 0.573 e. The van der Waals surface area contributed by atoms with E-state index in [0.717, 1.165) is 31.5 Å². The van der Waals surface area contributed by atoms with Gasteiger partial charge in [0.2, 0.25) is 5.91 Å². The van der Waals surface area contributed by atoms with E-state index in [1.165, 1.54) is 30.3 Å². The Bertz CT molecular complexity index is 608. The number of thioether (sulfide) groups is 1. The van der Waals surface area contributed by atoms with E-state index >= 15 is 0 Å². The van der Waals surface area contributed by atoms with Crippen LogP contribution in [0.4, 0.5) is 18.9 Å². The molecule has 1 saturated heterocycles. The van der Waals surface area contributed by atoms with Crippen molar-refractivity contribution in [2.45, 2.75) is 38.6 Å². The van der Waals surface area contributed by atoms with Gasteiger partial charge in [0.05, 0.1) is 5.75 Å². The van der Waals surface area contributed by atoms with Crippen LogP contribution in [0.1, 0.15) is 26.2 Å². The molecular formula is C16H19F3N2O2S2. The molecule has 2 rings (SSSR count). The van der Waals surface area contributed by atoms with Gasteiger partial charge in [-0.2, -0.15) is 0 Å². The molecule has 0 aliphatic carbocycles. The molecule has 0 radical (unpaired) electrons. The predicted molar refractivity (Wildman–Crippen MR) is 96.8 cm³/mol. The summed E-state index contributed by atoms with van der Waals surface area (Å²) in [6.07, 6.45) is -1.34. The maximum atomic E-state index is 12.1. The summed E-state index contributed by atoms with van der Waals surface area (Å²) in [5.74, 6) is -0.440. The zero-order valence-electron chi connectivity index (χ0n) is 13.6. The number of nitrogens with one attached hydrogen (secondary N) is 1. The lowest BCUT2D eigenvalue weighted by Crippen LogP contribution is -2.40. The number of thiocarbonyl (C=S) groups is 1. The van der Waals surface area contributed by atoms with E-state index in [2.05, 4.69) is 21.9 Å². The van der Waals surface area contributed by atoms with Gasteiger partial charge in [-0.3, -0.25) is 4.79 Å². The molecule has 0 bridgehead atoms. The van der Waals surface area contributed by atoms with Crippen LogP contribution in [-0.2, 0) is 4.79 Å².